The Kier molecular flexibility index (Phi) is 21.0. The Hall–Kier alpha value is -0.870. The van der Waals surface area contributed by atoms with Gasteiger partial charge < -0.3 is 14.9 Å². The van der Waals surface area contributed by atoms with Gasteiger partial charge in [0.25, 0.3) is 0 Å². The van der Waals surface area contributed by atoms with Crippen molar-refractivity contribution < 1.29 is 19.7 Å². The minimum Gasteiger partial charge on any atom is -0.463 e. The highest BCUT2D eigenvalue weighted by Gasteiger charge is 1.92. The molecule has 0 aliphatic heterocycles. The lowest BCUT2D eigenvalue weighted by Crippen LogP contribution is -2.01. The van der Waals surface area contributed by atoms with E-state index < -0.39 is 0 Å². The second-order valence-corrected chi connectivity index (χ2v) is 4.29. The Morgan fingerprint density at radius 3 is 1.95 bits per heavy atom. The van der Waals surface area contributed by atoms with E-state index in [1.54, 1.807) is 0 Å². The van der Waals surface area contributed by atoms with Crippen molar-refractivity contribution in [3.63, 3.8) is 0 Å². The Morgan fingerprint density at radius 2 is 1.53 bits per heavy atom. The number of esters is 1. The molecule has 0 aromatic rings. The molecule has 19 heavy (non-hydrogen) atoms. The van der Waals surface area contributed by atoms with Gasteiger partial charge in [0, 0.05) is 19.3 Å². The smallest absolute Gasteiger partial charge is 0.330 e. The van der Waals surface area contributed by atoms with Gasteiger partial charge in [-0.3, -0.25) is 0 Å². The maximum atomic E-state index is 10.4. The minimum absolute atomic E-state index is 0.305. The summed E-state index contributed by atoms with van der Waals surface area (Å²) in [6, 6.07) is 0. The molecule has 0 atom stereocenters. The predicted molar refractivity (Wildman–Crippen MR) is 77.9 cm³/mol. The summed E-state index contributed by atoms with van der Waals surface area (Å²) in [6.07, 6.45) is 9.54. The van der Waals surface area contributed by atoms with Gasteiger partial charge in [0.05, 0.1) is 6.61 Å². The van der Waals surface area contributed by atoms with Gasteiger partial charge in [0.15, 0.2) is 0 Å². The van der Waals surface area contributed by atoms with Crippen molar-refractivity contribution >= 4 is 5.97 Å². The van der Waals surface area contributed by atoms with E-state index in [-0.39, 0.29) is 5.97 Å². The van der Waals surface area contributed by atoms with E-state index in [4.69, 9.17) is 14.9 Å². The first kappa shape index (κ1) is 20.4. The summed E-state index contributed by atoms with van der Waals surface area (Å²) in [4.78, 5) is 10.4. The summed E-state index contributed by atoms with van der Waals surface area (Å²) in [5, 5.41) is 16.7. The highest BCUT2D eigenvalue weighted by molar-refractivity contribution is 5.81. The number of aliphatic hydroxyl groups excluding tert-OH is 2. The van der Waals surface area contributed by atoms with Gasteiger partial charge >= 0.3 is 5.97 Å². The van der Waals surface area contributed by atoms with E-state index in [9.17, 15) is 4.79 Å². The minimum atomic E-state index is -0.323. The van der Waals surface area contributed by atoms with Crippen LogP contribution in [0.2, 0.25) is 0 Å². The number of carbonyl (C=O) groups excluding carboxylic acids is 1. The van der Waals surface area contributed by atoms with Crippen molar-refractivity contribution in [3.8, 4) is 0 Å². The van der Waals surface area contributed by atoms with Gasteiger partial charge in [-0.1, -0.05) is 45.6 Å². The molecule has 0 unspecified atom stereocenters. The standard InChI is InChI=1S/C8H14O2.C7H16O2/c1-3-5-6-7-10-8(9)4-2;8-6-4-2-1-3-5-7-9/h4H,2-3,5-7H2,1H3;8-9H,1-7H2. The largest absolute Gasteiger partial charge is 0.463 e. The molecule has 4 nitrogen and oxygen atoms in total. The van der Waals surface area contributed by atoms with Crippen LogP contribution in [-0.4, -0.2) is 36.0 Å². The van der Waals surface area contributed by atoms with Gasteiger partial charge in [-0.2, -0.15) is 0 Å². The monoisotopic (exact) mass is 274 g/mol. The zero-order valence-corrected chi connectivity index (χ0v) is 12.3. The summed E-state index contributed by atoms with van der Waals surface area (Å²) < 4.78 is 4.74. The van der Waals surface area contributed by atoms with Crippen LogP contribution >= 0.6 is 0 Å². The lowest BCUT2D eigenvalue weighted by Gasteiger charge is -1.98. The van der Waals surface area contributed by atoms with E-state index in [2.05, 4.69) is 13.5 Å². The van der Waals surface area contributed by atoms with Gasteiger partial charge in [-0.25, -0.2) is 4.79 Å². The quantitative estimate of drug-likeness (QED) is 0.345. The maximum Gasteiger partial charge on any atom is 0.330 e. The van der Waals surface area contributed by atoms with E-state index in [0.29, 0.717) is 19.8 Å². The molecule has 4 heteroatoms. The van der Waals surface area contributed by atoms with Crippen molar-refractivity contribution in [2.45, 2.75) is 58.3 Å². The first-order chi connectivity index (χ1) is 9.22. The van der Waals surface area contributed by atoms with Crippen LogP contribution in [0.5, 0.6) is 0 Å². The normalized spacial score (nSPS) is 9.42. The molecule has 0 radical (unpaired) electrons. The molecular formula is C15H30O4. The fourth-order valence-corrected chi connectivity index (χ4v) is 1.34. The van der Waals surface area contributed by atoms with Gasteiger partial charge in [-0.05, 0) is 19.3 Å². The fraction of sp³-hybridized carbons (Fsp3) is 0.800. The third kappa shape index (κ3) is 22.7. The summed E-state index contributed by atoms with van der Waals surface area (Å²) in [5.74, 6) is -0.323. The molecule has 0 saturated heterocycles. The first-order valence-corrected chi connectivity index (χ1v) is 7.23. The molecule has 2 N–H and O–H groups in total. The summed E-state index contributed by atoms with van der Waals surface area (Å²) in [5.41, 5.74) is 0. The van der Waals surface area contributed by atoms with Crippen molar-refractivity contribution in [2.24, 2.45) is 0 Å². The molecule has 0 saturated carbocycles. The first-order valence-electron chi connectivity index (χ1n) is 7.23. The summed E-state index contributed by atoms with van der Waals surface area (Å²) in [7, 11) is 0. The molecule has 0 aromatic carbocycles. The van der Waals surface area contributed by atoms with E-state index >= 15 is 0 Å². The molecule has 0 amide bonds. The number of rotatable bonds is 11. The lowest BCUT2D eigenvalue weighted by molar-refractivity contribution is -0.137. The molecule has 0 rings (SSSR count). The fourth-order valence-electron chi connectivity index (χ4n) is 1.34. The van der Waals surface area contributed by atoms with Gasteiger partial charge in [-0.15, -0.1) is 0 Å². The molecule has 0 aliphatic carbocycles. The summed E-state index contributed by atoms with van der Waals surface area (Å²) >= 11 is 0. The number of hydrogen-bond donors (Lipinski definition) is 2. The number of unbranched alkanes of at least 4 members (excludes halogenated alkanes) is 6. The van der Waals surface area contributed by atoms with Crippen molar-refractivity contribution in [2.75, 3.05) is 19.8 Å². The molecule has 0 aromatic heterocycles. The molecule has 0 spiro atoms. The molecule has 0 aliphatic rings. The highest BCUT2D eigenvalue weighted by Crippen LogP contribution is 2.00. The molecule has 0 bridgehead atoms. The molecular weight excluding hydrogens is 244 g/mol. The van der Waals surface area contributed by atoms with Crippen LogP contribution in [0, 0.1) is 0 Å². The topological polar surface area (TPSA) is 66.8 Å². The van der Waals surface area contributed by atoms with Crippen LogP contribution < -0.4 is 0 Å². The van der Waals surface area contributed by atoms with Gasteiger partial charge in [0.1, 0.15) is 0 Å². The highest BCUT2D eigenvalue weighted by atomic mass is 16.5. The Bertz CT molecular complexity index is 187. The Labute approximate surface area is 117 Å². The van der Waals surface area contributed by atoms with Gasteiger partial charge in [0.2, 0.25) is 0 Å². The third-order valence-corrected chi connectivity index (χ3v) is 2.48. The lowest BCUT2D eigenvalue weighted by atomic mass is 10.2. The third-order valence-electron chi connectivity index (χ3n) is 2.48. The van der Waals surface area contributed by atoms with Crippen LogP contribution in [0.15, 0.2) is 12.7 Å². The van der Waals surface area contributed by atoms with Crippen molar-refractivity contribution in [1.29, 1.82) is 0 Å². The van der Waals surface area contributed by atoms with Crippen molar-refractivity contribution in [3.05, 3.63) is 12.7 Å². The average molecular weight is 274 g/mol. The second-order valence-electron chi connectivity index (χ2n) is 4.29. The van der Waals surface area contributed by atoms with E-state index in [0.717, 1.165) is 51.4 Å². The number of hydrogen-bond acceptors (Lipinski definition) is 4. The van der Waals surface area contributed by atoms with E-state index in [1.165, 1.54) is 6.08 Å². The second kappa shape index (κ2) is 19.5. The Morgan fingerprint density at radius 1 is 1.00 bits per heavy atom. The zero-order valence-electron chi connectivity index (χ0n) is 12.3. The number of aliphatic hydroxyl groups is 2. The predicted octanol–water partition coefficient (Wildman–Crippen LogP) is 2.83. The molecule has 0 heterocycles. The molecule has 114 valence electrons. The summed E-state index contributed by atoms with van der Waals surface area (Å²) in [6.45, 7) is 6.53. The van der Waals surface area contributed by atoms with Crippen molar-refractivity contribution in [1.82, 2.24) is 0 Å². The van der Waals surface area contributed by atoms with Crippen LogP contribution in [0.3, 0.4) is 0 Å². The maximum absolute atomic E-state index is 10.4. The SMILES string of the molecule is C=CC(=O)OCCCCC.OCCCCCCCO. The van der Waals surface area contributed by atoms with E-state index in [1.807, 2.05) is 0 Å². The Balaban J connectivity index is 0. The van der Waals surface area contributed by atoms with Crippen LogP contribution in [-0.2, 0) is 9.53 Å². The number of carbonyl (C=O) groups is 1. The van der Waals surface area contributed by atoms with Crippen LogP contribution in [0.25, 0.3) is 0 Å². The van der Waals surface area contributed by atoms with Crippen LogP contribution in [0.4, 0.5) is 0 Å². The average Bonchev–Trinajstić information content (AvgIpc) is 2.44. The zero-order chi connectivity index (χ0) is 14.8. The number of ether oxygens (including phenoxy) is 1. The molecule has 0 fully saturated rings. The van der Waals surface area contributed by atoms with Crippen LogP contribution in [0.1, 0.15) is 58.3 Å².